The Morgan fingerprint density at radius 1 is 1.38 bits per heavy atom. The van der Waals surface area contributed by atoms with Crippen molar-refractivity contribution < 1.29 is 13.3 Å². The maximum absolute atomic E-state index is 14.7. The van der Waals surface area contributed by atoms with Gasteiger partial charge in [0, 0.05) is 35.7 Å². The molecule has 2 saturated carbocycles. The maximum atomic E-state index is 14.7. The van der Waals surface area contributed by atoms with Crippen LogP contribution in [0.3, 0.4) is 0 Å². The van der Waals surface area contributed by atoms with Gasteiger partial charge < -0.3 is 15.5 Å². The van der Waals surface area contributed by atoms with E-state index in [2.05, 4.69) is 41.0 Å². The largest absolute Gasteiger partial charge is 0.478 e. The van der Waals surface area contributed by atoms with Crippen LogP contribution in [0.2, 0.25) is 0 Å². The molecule has 0 saturated heterocycles. The molecular formula is C27H41FN6O2S. The molecular weight excluding hydrogens is 491 g/mol. The normalized spacial score (nSPS) is 23.5. The summed E-state index contributed by atoms with van der Waals surface area (Å²) in [5.41, 5.74) is 2.48. The topological polar surface area (TPSA) is 127 Å². The fourth-order valence-electron chi connectivity index (χ4n) is 4.06. The quantitative estimate of drug-likeness (QED) is 0.213. The first kappa shape index (κ1) is 29.0. The van der Waals surface area contributed by atoms with Crippen LogP contribution in [0, 0.1) is 28.0 Å². The van der Waals surface area contributed by atoms with Crippen molar-refractivity contribution in [1.29, 1.82) is 10.8 Å². The number of hydrogen-bond acceptors (Lipinski definition) is 6. The molecule has 2 heterocycles. The van der Waals surface area contributed by atoms with Crippen LogP contribution in [-0.4, -0.2) is 32.6 Å². The molecule has 0 radical (unpaired) electrons. The number of rotatable bonds is 6. The van der Waals surface area contributed by atoms with Crippen LogP contribution in [0.5, 0.6) is 0 Å². The summed E-state index contributed by atoms with van der Waals surface area (Å²) < 4.78 is 35.0. The second-order valence-corrected chi connectivity index (χ2v) is 12.0. The Hall–Kier alpha value is -2.59. The summed E-state index contributed by atoms with van der Waals surface area (Å²) in [6, 6.07) is 5.17. The number of fused-ring (bicyclic) bond motifs is 1. The third kappa shape index (κ3) is 7.95. The highest BCUT2D eigenvalue weighted by Crippen LogP contribution is 2.43. The summed E-state index contributed by atoms with van der Waals surface area (Å²) in [6.07, 6.45) is 7.82. The lowest BCUT2D eigenvalue weighted by atomic mass is 10.0. The molecule has 8 nitrogen and oxygen atoms in total. The smallest absolute Gasteiger partial charge is 0.183 e. The number of halogens is 1. The summed E-state index contributed by atoms with van der Waals surface area (Å²) in [6.45, 7) is 10.6. The van der Waals surface area contributed by atoms with Gasteiger partial charge in [0.15, 0.2) is 17.5 Å². The number of aromatic amines is 1. The first-order chi connectivity index (χ1) is 17.6. The number of benzene rings is 1. The SMILES string of the molecule is CC1(C)CC1.CC=N.CCC(C)C(=N)OC1CCC(c2cc(Nc3ccc4c(c3F)CNS4=O)n[nH]2)C1. The number of ether oxygens (including phenoxy) is 1. The van der Waals surface area contributed by atoms with Gasteiger partial charge in [-0.05, 0) is 69.2 Å². The Kier molecular flexibility index (Phi) is 10.0. The van der Waals surface area contributed by atoms with Crippen molar-refractivity contribution in [2.24, 2.45) is 11.3 Å². The van der Waals surface area contributed by atoms with E-state index in [0.717, 1.165) is 36.8 Å². The first-order valence-electron chi connectivity index (χ1n) is 13.1. The monoisotopic (exact) mass is 532 g/mol. The third-order valence-corrected chi connectivity index (χ3v) is 8.26. The van der Waals surface area contributed by atoms with E-state index in [1.54, 1.807) is 19.1 Å². The predicted octanol–water partition coefficient (Wildman–Crippen LogP) is 6.56. The van der Waals surface area contributed by atoms with Gasteiger partial charge in [-0.3, -0.25) is 10.5 Å². The predicted molar refractivity (Wildman–Crippen MR) is 148 cm³/mol. The van der Waals surface area contributed by atoms with Crippen molar-refractivity contribution in [3.8, 4) is 0 Å². The molecule has 10 heteroatoms. The van der Waals surface area contributed by atoms with Crippen molar-refractivity contribution >= 4 is 34.6 Å². The molecule has 204 valence electrons. The van der Waals surface area contributed by atoms with Crippen molar-refractivity contribution in [3.05, 3.63) is 35.3 Å². The van der Waals surface area contributed by atoms with E-state index < -0.39 is 16.8 Å². The molecule has 0 bridgehead atoms. The maximum Gasteiger partial charge on any atom is 0.183 e. The number of nitrogens with zero attached hydrogens (tertiary/aromatic N) is 1. The molecule has 2 fully saturated rings. The molecule has 4 atom stereocenters. The lowest BCUT2D eigenvalue weighted by Crippen LogP contribution is -2.20. The van der Waals surface area contributed by atoms with Gasteiger partial charge in [0.05, 0.1) is 10.6 Å². The summed E-state index contributed by atoms with van der Waals surface area (Å²) in [5.74, 6) is 0.940. The Morgan fingerprint density at radius 3 is 2.68 bits per heavy atom. The van der Waals surface area contributed by atoms with Gasteiger partial charge >= 0.3 is 0 Å². The van der Waals surface area contributed by atoms with Gasteiger partial charge in [0.1, 0.15) is 17.1 Å². The Bertz CT molecular complexity index is 1110. The Morgan fingerprint density at radius 2 is 2.05 bits per heavy atom. The van der Waals surface area contributed by atoms with Gasteiger partial charge in [0.2, 0.25) is 0 Å². The molecule has 0 amide bonds. The van der Waals surface area contributed by atoms with E-state index >= 15 is 0 Å². The number of hydrogen-bond donors (Lipinski definition) is 5. The van der Waals surface area contributed by atoms with Gasteiger partial charge in [0.25, 0.3) is 0 Å². The van der Waals surface area contributed by atoms with E-state index in [4.69, 9.17) is 15.6 Å². The molecule has 1 aliphatic heterocycles. The summed E-state index contributed by atoms with van der Waals surface area (Å²) in [7, 11) is -1.34. The molecule has 2 aromatic rings. The minimum Gasteiger partial charge on any atom is -0.478 e. The van der Waals surface area contributed by atoms with E-state index in [1.807, 2.05) is 13.0 Å². The van der Waals surface area contributed by atoms with Gasteiger partial charge in [-0.1, -0.05) is 27.7 Å². The van der Waals surface area contributed by atoms with Crippen LogP contribution in [0.25, 0.3) is 0 Å². The van der Waals surface area contributed by atoms with Crippen molar-refractivity contribution in [3.63, 3.8) is 0 Å². The molecule has 37 heavy (non-hydrogen) atoms. The Labute approximate surface area is 222 Å². The van der Waals surface area contributed by atoms with Crippen LogP contribution in [0.4, 0.5) is 15.9 Å². The zero-order valence-corrected chi connectivity index (χ0v) is 23.4. The standard InChI is InChI=1S/C20H26FN5O2S.C5H10.C2H5N/c1-3-11(2)20(22)28-13-5-4-12(8-13)16-9-18(26-25-16)24-15-6-7-17-14(19(15)21)10-23-29(17)27;1-5(2)3-4-5;1-2-3/h6-7,9,11-13,22-23H,3-5,8,10H2,1-2H3,(H2,24,25,26);3-4H2,1-2H3;2-3H,1H3. The number of nitrogens with one attached hydrogen (secondary N) is 5. The molecule has 3 aliphatic rings. The number of H-pyrrole nitrogens is 1. The zero-order valence-electron chi connectivity index (χ0n) is 22.5. The average Bonchev–Trinajstić information content (AvgIpc) is 3.28. The van der Waals surface area contributed by atoms with Crippen LogP contribution < -0.4 is 10.0 Å². The van der Waals surface area contributed by atoms with Crippen molar-refractivity contribution in [1.82, 2.24) is 14.9 Å². The molecule has 1 aromatic heterocycles. The molecule has 0 spiro atoms. The summed E-state index contributed by atoms with van der Waals surface area (Å²) in [5, 5.41) is 24.5. The first-order valence-corrected chi connectivity index (χ1v) is 14.2. The zero-order chi connectivity index (χ0) is 27.2. The number of anilines is 2. The van der Waals surface area contributed by atoms with Crippen LogP contribution in [0.1, 0.15) is 90.3 Å². The van der Waals surface area contributed by atoms with Gasteiger partial charge in [-0.2, -0.15) is 5.10 Å². The van der Waals surface area contributed by atoms with Gasteiger partial charge in [-0.25, -0.2) is 13.3 Å². The molecule has 5 rings (SSSR count). The van der Waals surface area contributed by atoms with E-state index in [1.165, 1.54) is 19.1 Å². The van der Waals surface area contributed by atoms with E-state index in [0.29, 0.717) is 27.9 Å². The lowest BCUT2D eigenvalue weighted by Gasteiger charge is -2.17. The minimum atomic E-state index is -1.34. The van der Waals surface area contributed by atoms with Crippen molar-refractivity contribution in [2.45, 2.75) is 96.6 Å². The van der Waals surface area contributed by atoms with E-state index in [-0.39, 0.29) is 24.5 Å². The van der Waals surface area contributed by atoms with Gasteiger partial charge in [-0.15, -0.1) is 0 Å². The number of aromatic nitrogens is 2. The summed E-state index contributed by atoms with van der Waals surface area (Å²) >= 11 is 0. The fraction of sp³-hybridized carbons (Fsp3) is 0.593. The Balaban J connectivity index is 0.000000411. The summed E-state index contributed by atoms with van der Waals surface area (Å²) in [4.78, 5) is 0.496. The third-order valence-electron chi connectivity index (χ3n) is 7.07. The highest BCUT2D eigenvalue weighted by Gasteiger charge is 2.31. The molecule has 2 aliphatic carbocycles. The fourth-order valence-corrected chi connectivity index (χ4v) is 5.07. The molecule has 4 unspecified atom stereocenters. The molecule has 1 aromatic carbocycles. The highest BCUT2D eigenvalue weighted by molar-refractivity contribution is 7.83. The highest BCUT2D eigenvalue weighted by atomic mass is 32.2. The molecule has 5 N–H and O–H groups in total. The van der Waals surface area contributed by atoms with Crippen LogP contribution >= 0.6 is 0 Å². The second-order valence-electron chi connectivity index (χ2n) is 10.7. The van der Waals surface area contributed by atoms with E-state index in [9.17, 15) is 8.60 Å². The van der Waals surface area contributed by atoms with Crippen LogP contribution in [-0.2, 0) is 22.3 Å². The minimum absolute atomic E-state index is 0.0590. The lowest BCUT2D eigenvalue weighted by molar-refractivity contribution is 0.178. The average molecular weight is 533 g/mol. The second kappa shape index (κ2) is 12.8. The van der Waals surface area contributed by atoms with Crippen LogP contribution in [0.15, 0.2) is 23.1 Å². The van der Waals surface area contributed by atoms with Crippen molar-refractivity contribution in [2.75, 3.05) is 5.32 Å².